The number of esters is 1. The third-order valence-electron chi connectivity index (χ3n) is 2.58. The molecule has 1 aromatic carbocycles. The van der Waals surface area contributed by atoms with Gasteiger partial charge >= 0.3 is 5.97 Å². The molecule has 0 saturated heterocycles. The van der Waals surface area contributed by atoms with Gasteiger partial charge in [-0.25, -0.2) is 4.79 Å². The maximum atomic E-state index is 11.7. The number of hydrogen-bond acceptors (Lipinski definition) is 3. The Hall–Kier alpha value is -2.42. The molecule has 2 aromatic rings. The van der Waals surface area contributed by atoms with Crippen LogP contribution in [0.3, 0.4) is 0 Å². The van der Waals surface area contributed by atoms with Crippen molar-refractivity contribution < 1.29 is 9.53 Å². The van der Waals surface area contributed by atoms with Gasteiger partial charge in [0.1, 0.15) is 5.75 Å². The van der Waals surface area contributed by atoms with E-state index in [0.29, 0.717) is 11.3 Å². The molecule has 3 heteroatoms. The lowest BCUT2D eigenvalue weighted by molar-refractivity contribution is -0.126. The van der Waals surface area contributed by atoms with E-state index in [-0.39, 0.29) is 5.97 Å². The van der Waals surface area contributed by atoms with Crippen molar-refractivity contribution in [2.24, 2.45) is 0 Å². The lowest BCUT2D eigenvalue weighted by Crippen LogP contribution is -2.00. The van der Waals surface area contributed by atoms with Crippen molar-refractivity contribution in [3.63, 3.8) is 0 Å². The van der Waals surface area contributed by atoms with Crippen molar-refractivity contribution in [1.82, 2.24) is 4.98 Å². The summed E-state index contributed by atoms with van der Waals surface area (Å²) in [5.74, 6) is 0.288. The van der Waals surface area contributed by atoms with Crippen LogP contribution in [-0.4, -0.2) is 11.0 Å². The molecule has 1 aliphatic heterocycles. The first-order valence-electron chi connectivity index (χ1n) is 5.29. The number of ether oxygens (including phenoxy) is 1. The van der Waals surface area contributed by atoms with Crippen molar-refractivity contribution in [2.75, 3.05) is 0 Å². The zero-order chi connectivity index (χ0) is 11.7. The zero-order valence-corrected chi connectivity index (χ0v) is 8.96. The normalized spacial score (nSPS) is 15.8. The molecular weight excluding hydrogens is 214 g/mol. The van der Waals surface area contributed by atoms with E-state index in [9.17, 15) is 4.79 Å². The molecule has 0 aliphatic carbocycles. The molecule has 0 atom stereocenters. The average molecular weight is 223 g/mol. The van der Waals surface area contributed by atoms with Gasteiger partial charge in [0.2, 0.25) is 0 Å². The van der Waals surface area contributed by atoms with Crippen molar-refractivity contribution in [1.29, 1.82) is 0 Å². The number of benzene rings is 1. The van der Waals surface area contributed by atoms with Gasteiger partial charge < -0.3 is 4.74 Å². The Kier molecular flexibility index (Phi) is 2.22. The van der Waals surface area contributed by atoms with Gasteiger partial charge in [0, 0.05) is 11.8 Å². The van der Waals surface area contributed by atoms with Crippen LogP contribution < -0.4 is 4.74 Å². The van der Waals surface area contributed by atoms with Gasteiger partial charge in [0.15, 0.2) is 0 Å². The van der Waals surface area contributed by atoms with E-state index in [1.165, 1.54) is 0 Å². The molecule has 3 rings (SSSR count). The first kappa shape index (κ1) is 9.78. The Morgan fingerprint density at radius 1 is 1.06 bits per heavy atom. The van der Waals surface area contributed by atoms with E-state index in [1.54, 1.807) is 18.3 Å². The summed E-state index contributed by atoms with van der Waals surface area (Å²) in [5.41, 5.74) is 2.12. The molecule has 0 unspecified atom stereocenters. The molecule has 17 heavy (non-hydrogen) atoms. The molecule has 0 bridgehead atoms. The summed E-state index contributed by atoms with van der Waals surface area (Å²) in [4.78, 5) is 15.9. The lowest BCUT2D eigenvalue weighted by Gasteiger charge is -1.95. The number of hydrogen-bond donors (Lipinski definition) is 0. The van der Waals surface area contributed by atoms with Crippen LogP contribution in [0, 0.1) is 0 Å². The van der Waals surface area contributed by atoms with Crippen molar-refractivity contribution >= 4 is 17.6 Å². The average Bonchev–Trinajstić information content (AvgIpc) is 2.68. The highest BCUT2D eigenvalue weighted by molar-refractivity contribution is 6.25. The van der Waals surface area contributed by atoms with Gasteiger partial charge in [-0.2, -0.15) is 0 Å². The predicted molar refractivity (Wildman–Crippen MR) is 64.2 cm³/mol. The van der Waals surface area contributed by atoms with Gasteiger partial charge in [-0.1, -0.05) is 24.3 Å². The quantitative estimate of drug-likeness (QED) is 0.423. The van der Waals surface area contributed by atoms with Crippen LogP contribution in [0.1, 0.15) is 11.3 Å². The molecule has 0 amide bonds. The third-order valence-corrected chi connectivity index (χ3v) is 2.58. The van der Waals surface area contributed by atoms with Crippen LogP contribution in [0.2, 0.25) is 0 Å². The smallest absolute Gasteiger partial charge is 0.344 e. The van der Waals surface area contributed by atoms with Crippen LogP contribution in [0.25, 0.3) is 11.6 Å². The lowest BCUT2D eigenvalue weighted by atomic mass is 10.1. The van der Waals surface area contributed by atoms with Crippen molar-refractivity contribution in [3.8, 4) is 5.75 Å². The number of pyridine rings is 1. The largest absolute Gasteiger partial charge is 0.422 e. The highest BCUT2D eigenvalue weighted by atomic mass is 16.5. The number of carbonyl (C=O) groups is 1. The molecule has 0 fully saturated rings. The molecule has 0 spiro atoms. The summed E-state index contributed by atoms with van der Waals surface area (Å²) < 4.78 is 5.16. The molecule has 3 nitrogen and oxygen atoms in total. The maximum absolute atomic E-state index is 11.7. The van der Waals surface area contributed by atoms with Crippen LogP contribution in [0.5, 0.6) is 5.75 Å². The minimum atomic E-state index is -0.322. The SMILES string of the molecule is O=C1Oc2ccccc2C1=Cc1ccccn1. The summed E-state index contributed by atoms with van der Waals surface area (Å²) in [7, 11) is 0. The fraction of sp³-hybridized carbons (Fsp3) is 0. The molecule has 1 aromatic heterocycles. The number of fused-ring (bicyclic) bond motifs is 1. The van der Waals surface area contributed by atoms with Gasteiger partial charge in [-0.05, 0) is 24.3 Å². The highest BCUT2D eigenvalue weighted by Gasteiger charge is 2.26. The third kappa shape index (κ3) is 1.72. The summed E-state index contributed by atoms with van der Waals surface area (Å²) >= 11 is 0. The number of aromatic nitrogens is 1. The van der Waals surface area contributed by atoms with Crippen molar-refractivity contribution in [2.45, 2.75) is 0 Å². The summed E-state index contributed by atoms with van der Waals surface area (Å²) in [6.45, 7) is 0. The Balaban J connectivity index is 2.10. The van der Waals surface area contributed by atoms with E-state index < -0.39 is 0 Å². The van der Waals surface area contributed by atoms with E-state index in [4.69, 9.17) is 4.74 Å². The van der Waals surface area contributed by atoms with Gasteiger partial charge in [-0.15, -0.1) is 0 Å². The molecule has 0 radical (unpaired) electrons. The van der Waals surface area contributed by atoms with E-state index in [0.717, 1.165) is 11.3 Å². The van der Waals surface area contributed by atoms with Crippen LogP contribution in [-0.2, 0) is 4.79 Å². The minimum Gasteiger partial charge on any atom is -0.422 e. The van der Waals surface area contributed by atoms with Gasteiger partial charge in [-0.3, -0.25) is 4.98 Å². The van der Waals surface area contributed by atoms with E-state index in [1.807, 2.05) is 36.4 Å². The fourth-order valence-corrected chi connectivity index (χ4v) is 1.79. The van der Waals surface area contributed by atoms with E-state index in [2.05, 4.69) is 4.98 Å². The fourth-order valence-electron chi connectivity index (χ4n) is 1.79. The maximum Gasteiger partial charge on any atom is 0.344 e. The number of carbonyl (C=O) groups excluding carboxylic acids is 1. The van der Waals surface area contributed by atoms with Gasteiger partial charge in [0.25, 0.3) is 0 Å². The predicted octanol–water partition coefficient (Wildman–Crippen LogP) is 2.54. The second kappa shape index (κ2) is 3.87. The molecule has 2 heterocycles. The molecular formula is C14H9NO2. The minimum absolute atomic E-state index is 0.322. The zero-order valence-electron chi connectivity index (χ0n) is 8.96. The Labute approximate surface area is 98.4 Å². The molecule has 1 aliphatic rings. The Bertz CT molecular complexity index is 603. The van der Waals surface area contributed by atoms with E-state index >= 15 is 0 Å². The van der Waals surface area contributed by atoms with Crippen molar-refractivity contribution in [3.05, 3.63) is 59.9 Å². The molecule has 82 valence electrons. The number of para-hydroxylation sites is 1. The monoisotopic (exact) mass is 223 g/mol. The topological polar surface area (TPSA) is 39.2 Å². The summed E-state index contributed by atoms with van der Waals surface area (Å²) in [6.07, 6.45) is 3.44. The van der Waals surface area contributed by atoms with Crippen LogP contribution in [0.4, 0.5) is 0 Å². The van der Waals surface area contributed by atoms with Gasteiger partial charge in [0.05, 0.1) is 11.3 Å². The second-order valence-corrected chi connectivity index (χ2v) is 3.70. The summed E-state index contributed by atoms with van der Waals surface area (Å²) in [6, 6.07) is 12.9. The second-order valence-electron chi connectivity index (χ2n) is 3.70. The highest BCUT2D eigenvalue weighted by Crippen LogP contribution is 2.34. The molecule has 0 N–H and O–H groups in total. The Morgan fingerprint density at radius 3 is 2.71 bits per heavy atom. The number of rotatable bonds is 1. The van der Waals surface area contributed by atoms with Crippen LogP contribution >= 0.6 is 0 Å². The van der Waals surface area contributed by atoms with Crippen LogP contribution in [0.15, 0.2) is 48.7 Å². The molecule has 0 saturated carbocycles. The Morgan fingerprint density at radius 2 is 1.88 bits per heavy atom. The standard InChI is InChI=1S/C14H9NO2/c16-14-12(9-10-5-3-4-8-15-10)11-6-1-2-7-13(11)17-14/h1-9H. The first-order valence-corrected chi connectivity index (χ1v) is 5.29. The summed E-state index contributed by atoms with van der Waals surface area (Å²) in [5, 5.41) is 0. The number of nitrogens with zero attached hydrogens (tertiary/aromatic N) is 1. The first-order chi connectivity index (χ1) is 8.34.